The van der Waals surface area contributed by atoms with Gasteiger partial charge >= 0.3 is 6.18 Å². The van der Waals surface area contributed by atoms with Crippen LogP contribution in [-0.4, -0.2) is 43.0 Å². The van der Waals surface area contributed by atoms with Crippen molar-refractivity contribution in [1.82, 2.24) is 10.3 Å². The van der Waals surface area contributed by atoms with Gasteiger partial charge in [0.2, 0.25) is 10.0 Å². The molecule has 1 aromatic heterocycles. The van der Waals surface area contributed by atoms with E-state index < -0.39 is 39.0 Å². The van der Waals surface area contributed by atoms with Crippen molar-refractivity contribution < 1.29 is 31.1 Å². The maximum Gasteiger partial charge on any atom is 0.420 e. The number of carbonyl (C=O) groups excluding carboxylic acids is 1. The molecule has 2 fully saturated rings. The number of pyridine rings is 1. The van der Waals surface area contributed by atoms with Gasteiger partial charge in [0, 0.05) is 29.3 Å². The molecule has 1 aromatic carbocycles. The van der Waals surface area contributed by atoms with Crippen LogP contribution in [0.25, 0.3) is 0 Å². The number of anilines is 1. The molecule has 2 saturated heterocycles. The van der Waals surface area contributed by atoms with E-state index >= 15 is 0 Å². The summed E-state index contributed by atoms with van der Waals surface area (Å²) in [5.74, 6) is -0.374. The zero-order chi connectivity index (χ0) is 26.5. The van der Waals surface area contributed by atoms with E-state index in [0.717, 1.165) is 25.0 Å². The van der Waals surface area contributed by atoms with E-state index in [4.69, 9.17) is 21.5 Å². The number of sulfonamides is 1. The molecule has 1 unspecified atom stereocenters. The highest BCUT2D eigenvalue weighted by molar-refractivity contribution is 7.89. The summed E-state index contributed by atoms with van der Waals surface area (Å²) in [5, 5.41) is 7.99. The Labute approximate surface area is 212 Å². The summed E-state index contributed by atoms with van der Waals surface area (Å²) in [4.78, 5) is 19.4. The molecule has 2 aliphatic rings. The Kier molecular flexibility index (Phi) is 6.91. The number of halogens is 4. The third-order valence-electron chi connectivity index (χ3n) is 6.54. The van der Waals surface area contributed by atoms with Crippen molar-refractivity contribution in [3.05, 3.63) is 47.1 Å². The molecule has 0 aliphatic carbocycles. The van der Waals surface area contributed by atoms with E-state index in [9.17, 15) is 26.4 Å². The number of amides is 1. The first-order valence-electron chi connectivity index (χ1n) is 11.3. The zero-order valence-corrected chi connectivity index (χ0v) is 21.1. The fraction of sp³-hybridized carbons (Fsp3) is 0.478. The van der Waals surface area contributed by atoms with Gasteiger partial charge in [0.1, 0.15) is 16.5 Å². The number of ether oxygens (including phenoxy) is 1. The second-order valence-electron chi connectivity index (χ2n) is 9.58. The molecule has 2 bridgehead atoms. The molecule has 13 heteroatoms. The number of alkyl halides is 3. The Morgan fingerprint density at radius 2 is 1.81 bits per heavy atom. The van der Waals surface area contributed by atoms with Gasteiger partial charge in [-0.25, -0.2) is 18.5 Å². The van der Waals surface area contributed by atoms with Crippen LogP contribution >= 0.6 is 11.6 Å². The molecule has 0 spiro atoms. The van der Waals surface area contributed by atoms with Gasteiger partial charge in [-0.1, -0.05) is 11.6 Å². The van der Waals surface area contributed by atoms with Crippen LogP contribution < -0.4 is 20.1 Å². The van der Waals surface area contributed by atoms with Gasteiger partial charge in [-0.2, -0.15) is 13.2 Å². The van der Waals surface area contributed by atoms with Gasteiger partial charge in [-0.15, -0.1) is 0 Å². The van der Waals surface area contributed by atoms with Crippen LogP contribution in [0.2, 0.25) is 5.02 Å². The lowest BCUT2D eigenvalue weighted by atomic mass is 9.96. The Balaban J connectivity index is 1.43. The number of nitrogens with zero attached hydrogens (tertiary/aromatic N) is 2. The zero-order valence-electron chi connectivity index (χ0n) is 19.5. The normalized spacial score (nSPS) is 22.4. The maximum absolute atomic E-state index is 13.4. The van der Waals surface area contributed by atoms with Crippen LogP contribution in [0.15, 0.2) is 41.4 Å². The Morgan fingerprint density at radius 3 is 2.33 bits per heavy atom. The second-order valence-corrected chi connectivity index (χ2v) is 11.6. The largest absolute Gasteiger partial charge is 0.477 e. The third-order valence-corrected chi connectivity index (χ3v) is 7.67. The van der Waals surface area contributed by atoms with Gasteiger partial charge in [-0.05, 0) is 69.9 Å². The summed E-state index contributed by atoms with van der Waals surface area (Å²) in [7, 11) is -3.84. The lowest BCUT2D eigenvalue weighted by Gasteiger charge is -2.41. The van der Waals surface area contributed by atoms with Crippen LogP contribution in [0.3, 0.4) is 0 Å². The molecule has 4 rings (SSSR count). The summed E-state index contributed by atoms with van der Waals surface area (Å²) in [6, 6.07) is 6.11. The molecule has 3 atom stereocenters. The number of hydrogen-bond acceptors (Lipinski definition) is 6. The number of carbonyl (C=O) groups is 1. The molecule has 1 amide bonds. The van der Waals surface area contributed by atoms with Crippen molar-refractivity contribution >= 4 is 33.3 Å². The number of nitrogens with two attached hydrogens (primary N) is 1. The molecular weight excluding hydrogens is 521 g/mol. The Morgan fingerprint density at radius 1 is 1.17 bits per heavy atom. The predicted octanol–water partition coefficient (Wildman–Crippen LogP) is 3.87. The van der Waals surface area contributed by atoms with E-state index in [1.807, 2.05) is 0 Å². The van der Waals surface area contributed by atoms with Gasteiger partial charge in [-0.3, -0.25) is 4.79 Å². The van der Waals surface area contributed by atoms with Crippen molar-refractivity contribution in [2.75, 3.05) is 4.90 Å². The van der Waals surface area contributed by atoms with Crippen LogP contribution in [0.5, 0.6) is 5.75 Å². The Bertz CT molecular complexity index is 1240. The number of benzene rings is 1. The predicted molar refractivity (Wildman–Crippen MR) is 127 cm³/mol. The lowest BCUT2D eigenvalue weighted by Crippen LogP contribution is -2.55. The summed E-state index contributed by atoms with van der Waals surface area (Å²) in [6.07, 6.45) is -0.523. The van der Waals surface area contributed by atoms with Crippen molar-refractivity contribution in [2.45, 2.75) is 74.3 Å². The molecule has 36 heavy (non-hydrogen) atoms. The minimum atomic E-state index is -4.70. The molecule has 3 N–H and O–H groups in total. The minimum Gasteiger partial charge on any atom is -0.477 e. The average molecular weight is 547 g/mol. The molecule has 2 aliphatic heterocycles. The molecule has 8 nitrogen and oxygen atoms in total. The summed E-state index contributed by atoms with van der Waals surface area (Å²) >= 11 is 5.73. The molecule has 196 valence electrons. The summed E-state index contributed by atoms with van der Waals surface area (Å²) < 4.78 is 68.9. The first-order chi connectivity index (χ1) is 16.6. The molecule has 3 heterocycles. The number of piperidine rings is 1. The van der Waals surface area contributed by atoms with Crippen molar-refractivity contribution in [3.63, 3.8) is 0 Å². The lowest BCUT2D eigenvalue weighted by molar-refractivity contribution is -0.143. The van der Waals surface area contributed by atoms with Crippen molar-refractivity contribution in [2.24, 2.45) is 5.14 Å². The van der Waals surface area contributed by atoms with Crippen LogP contribution in [0.1, 0.15) is 45.1 Å². The van der Waals surface area contributed by atoms with Gasteiger partial charge in [0.15, 0.2) is 5.60 Å². The topological polar surface area (TPSA) is 115 Å². The quantitative estimate of drug-likeness (QED) is 0.568. The number of aromatic nitrogens is 1. The average Bonchev–Trinajstić information content (AvgIpc) is 3.04. The first kappa shape index (κ1) is 26.5. The van der Waals surface area contributed by atoms with E-state index in [1.165, 1.54) is 32.2 Å². The fourth-order valence-corrected chi connectivity index (χ4v) is 5.49. The molecular formula is C23H26ClF3N4O4S. The van der Waals surface area contributed by atoms with Crippen LogP contribution in [-0.2, 0) is 21.0 Å². The highest BCUT2D eigenvalue weighted by Gasteiger charge is 2.44. The van der Waals surface area contributed by atoms with E-state index in [0.29, 0.717) is 18.7 Å². The van der Waals surface area contributed by atoms with Crippen molar-refractivity contribution in [1.29, 1.82) is 0 Å². The second kappa shape index (κ2) is 9.38. The monoisotopic (exact) mass is 546 g/mol. The van der Waals surface area contributed by atoms with Gasteiger partial charge in [0.05, 0.1) is 5.56 Å². The first-order valence-corrected chi connectivity index (χ1v) is 13.2. The number of primary sulfonamides is 1. The summed E-state index contributed by atoms with van der Waals surface area (Å²) in [5.41, 5.74) is -2.63. The summed E-state index contributed by atoms with van der Waals surface area (Å²) in [6.45, 7) is 2.83. The smallest absolute Gasteiger partial charge is 0.420 e. The van der Waals surface area contributed by atoms with Gasteiger partial charge in [0.25, 0.3) is 5.91 Å². The molecule has 2 aromatic rings. The van der Waals surface area contributed by atoms with E-state index in [2.05, 4.69) is 15.2 Å². The highest BCUT2D eigenvalue weighted by Crippen LogP contribution is 2.40. The minimum absolute atomic E-state index is 0.0685. The highest BCUT2D eigenvalue weighted by atomic mass is 35.5. The number of fused-ring (bicyclic) bond motifs is 2. The van der Waals surface area contributed by atoms with Gasteiger partial charge < -0.3 is 15.0 Å². The maximum atomic E-state index is 13.4. The number of rotatable bonds is 6. The van der Waals surface area contributed by atoms with E-state index in [1.54, 1.807) is 6.07 Å². The van der Waals surface area contributed by atoms with E-state index in [-0.39, 0.29) is 28.0 Å². The number of hydrogen-bond donors (Lipinski definition) is 2. The fourth-order valence-electron chi connectivity index (χ4n) is 4.86. The molecule has 0 radical (unpaired) electrons. The number of nitrogens with one attached hydrogen (secondary N) is 1. The van der Waals surface area contributed by atoms with Crippen molar-refractivity contribution in [3.8, 4) is 5.75 Å². The third kappa shape index (κ3) is 5.55. The van der Waals surface area contributed by atoms with Crippen LogP contribution in [0, 0.1) is 0 Å². The standard InChI is InChI=1S/C23H26ClF3N4O4S/c1-22(2,35-19-7-3-13(24)9-18(19)23(25,26)27)21(32)30-14-10-15-4-5-16(11-14)31(15)20-8-6-17(12-29-20)36(28,33)34/h3,6-9,12,14-16H,4-5,10-11H2,1-2H3,(H,30,32)(H2,28,33,34)/t14?,15-,16+. The molecule has 0 saturated carbocycles. The van der Waals surface area contributed by atoms with Crippen LogP contribution in [0.4, 0.5) is 19.0 Å². The Hall–Kier alpha value is -2.57. The SMILES string of the molecule is CC(C)(Oc1ccc(Cl)cc1C(F)(F)F)C(=O)NC1C[C@H]2CC[C@@H](C1)N2c1ccc(S(N)(=O)=O)cn1.